The van der Waals surface area contributed by atoms with Gasteiger partial charge < -0.3 is 10.1 Å². The number of thiazole rings is 1. The van der Waals surface area contributed by atoms with E-state index < -0.39 is 23.5 Å². The maximum absolute atomic E-state index is 13.4. The van der Waals surface area contributed by atoms with E-state index >= 15 is 0 Å². The fourth-order valence-electron chi connectivity index (χ4n) is 2.94. The van der Waals surface area contributed by atoms with E-state index in [4.69, 9.17) is 4.74 Å². The Morgan fingerprint density at radius 2 is 1.96 bits per heavy atom. The molecule has 3 rings (SSSR count). The van der Waals surface area contributed by atoms with E-state index in [0.717, 1.165) is 18.2 Å². The fraction of sp³-hybridized carbons (Fsp3) is 0.474. The average molecular weight is 398 g/mol. The second-order valence-electron chi connectivity index (χ2n) is 6.80. The number of benzene rings is 1. The van der Waals surface area contributed by atoms with E-state index in [0.29, 0.717) is 30.2 Å². The lowest BCUT2D eigenvalue weighted by Crippen LogP contribution is -2.58. The summed E-state index contributed by atoms with van der Waals surface area (Å²) in [6, 6.07) is 7.39. The van der Waals surface area contributed by atoms with Crippen molar-refractivity contribution in [2.45, 2.75) is 44.8 Å². The molecule has 1 heterocycles. The second kappa shape index (κ2) is 7.50. The number of amides is 1. The van der Waals surface area contributed by atoms with E-state index in [1.54, 1.807) is 5.38 Å². The number of hydrogen-bond donors (Lipinski definition) is 1. The van der Waals surface area contributed by atoms with Gasteiger partial charge in [0.05, 0.1) is 18.7 Å². The summed E-state index contributed by atoms with van der Waals surface area (Å²) in [5, 5.41) is 4.61. The molecule has 8 heteroatoms. The Morgan fingerprint density at radius 1 is 1.30 bits per heavy atom. The standard InChI is InChI=1S/C19H21F3N2O2S/c1-3-26-15-8-4-12(5-9-15)17-23-14(11-27-17)10-16(25)24-18(2,13-6-7-13)19(20,21)22/h4-5,8-9,11,13H,3,6-7,10H2,1-2H3,(H,24,25). The van der Waals surface area contributed by atoms with Crippen LogP contribution in [-0.2, 0) is 11.2 Å². The number of halogens is 3. The van der Waals surface area contributed by atoms with Crippen molar-refractivity contribution in [3.8, 4) is 16.3 Å². The number of carbonyl (C=O) groups is 1. The molecule has 1 aromatic heterocycles. The lowest BCUT2D eigenvalue weighted by atomic mass is 9.94. The van der Waals surface area contributed by atoms with E-state index in [-0.39, 0.29) is 6.42 Å². The van der Waals surface area contributed by atoms with Crippen LogP contribution >= 0.6 is 11.3 Å². The third kappa shape index (κ3) is 4.43. The maximum Gasteiger partial charge on any atom is 0.411 e. The topological polar surface area (TPSA) is 51.2 Å². The van der Waals surface area contributed by atoms with Crippen LogP contribution in [0.4, 0.5) is 13.2 Å². The molecule has 1 aliphatic carbocycles. The highest BCUT2D eigenvalue weighted by Crippen LogP contribution is 2.48. The number of aromatic nitrogens is 1. The van der Waals surface area contributed by atoms with Gasteiger partial charge in [0.15, 0.2) is 0 Å². The SMILES string of the molecule is CCOc1ccc(-c2nc(CC(=O)NC(C)(C3CC3)C(F)(F)F)cs2)cc1. The minimum Gasteiger partial charge on any atom is -0.494 e. The van der Waals surface area contributed by atoms with Crippen molar-refractivity contribution in [2.75, 3.05) is 6.61 Å². The van der Waals surface area contributed by atoms with Gasteiger partial charge in [0.25, 0.3) is 0 Å². The molecule has 0 aliphatic heterocycles. The van der Waals surface area contributed by atoms with Gasteiger partial charge in [0, 0.05) is 10.9 Å². The highest BCUT2D eigenvalue weighted by atomic mass is 32.1. The summed E-state index contributed by atoms with van der Waals surface area (Å²) in [4.78, 5) is 16.6. The van der Waals surface area contributed by atoms with E-state index in [2.05, 4.69) is 10.3 Å². The molecule has 146 valence electrons. The van der Waals surface area contributed by atoms with Crippen LogP contribution in [-0.4, -0.2) is 29.2 Å². The van der Waals surface area contributed by atoms with Crippen LogP contribution < -0.4 is 10.1 Å². The highest BCUT2D eigenvalue weighted by molar-refractivity contribution is 7.13. The molecule has 1 saturated carbocycles. The Morgan fingerprint density at radius 3 is 2.52 bits per heavy atom. The maximum atomic E-state index is 13.4. The predicted molar refractivity (Wildman–Crippen MR) is 97.7 cm³/mol. The minimum atomic E-state index is -4.47. The van der Waals surface area contributed by atoms with Crippen LogP contribution in [0.2, 0.25) is 0 Å². The number of carbonyl (C=O) groups excluding carboxylic acids is 1. The number of nitrogens with one attached hydrogen (secondary N) is 1. The predicted octanol–water partition coefficient (Wildman–Crippen LogP) is 4.60. The van der Waals surface area contributed by atoms with Crippen molar-refractivity contribution >= 4 is 17.2 Å². The monoisotopic (exact) mass is 398 g/mol. The van der Waals surface area contributed by atoms with Gasteiger partial charge in [0.1, 0.15) is 16.3 Å². The van der Waals surface area contributed by atoms with Crippen LogP contribution in [0.5, 0.6) is 5.75 Å². The first-order chi connectivity index (χ1) is 12.7. The summed E-state index contributed by atoms with van der Waals surface area (Å²) < 4.78 is 45.5. The number of ether oxygens (including phenoxy) is 1. The quantitative estimate of drug-likeness (QED) is 0.742. The molecule has 4 nitrogen and oxygen atoms in total. The molecule has 1 amide bonds. The molecule has 0 saturated heterocycles. The molecular weight excluding hydrogens is 377 g/mol. The first kappa shape index (κ1) is 19.7. The van der Waals surface area contributed by atoms with Gasteiger partial charge in [0.2, 0.25) is 5.91 Å². The molecule has 2 aromatic rings. The van der Waals surface area contributed by atoms with Gasteiger partial charge in [-0.2, -0.15) is 13.2 Å². The summed E-state index contributed by atoms with van der Waals surface area (Å²) in [5.74, 6) is -0.453. The molecule has 0 bridgehead atoms. The lowest BCUT2D eigenvalue weighted by Gasteiger charge is -2.33. The van der Waals surface area contributed by atoms with Crippen molar-refractivity contribution in [3.05, 3.63) is 35.3 Å². The van der Waals surface area contributed by atoms with E-state index in [1.165, 1.54) is 11.3 Å². The van der Waals surface area contributed by atoms with Crippen molar-refractivity contribution in [1.82, 2.24) is 10.3 Å². The molecule has 0 spiro atoms. The molecule has 1 unspecified atom stereocenters. The first-order valence-electron chi connectivity index (χ1n) is 8.78. The molecule has 27 heavy (non-hydrogen) atoms. The normalized spacial score (nSPS) is 16.6. The van der Waals surface area contributed by atoms with Gasteiger partial charge in [-0.15, -0.1) is 11.3 Å². The summed E-state index contributed by atoms with van der Waals surface area (Å²) in [7, 11) is 0. The van der Waals surface area contributed by atoms with Crippen molar-refractivity contribution in [2.24, 2.45) is 5.92 Å². The molecular formula is C19H21F3N2O2S. The molecule has 0 radical (unpaired) electrons. The second-order valence-corrected chi connectivity index (χ2v) is 7.66. The lowest BCUT2D eigenvalue weighted by molar-refractivity contribution is -0.199. The smallest absolute Gasteiger partial charge is 0.411 e. The Balaban J connectivity index is 1.65. The molecule has 1 fully saturated rings. The Hall–Kier alpha value is -2.09. The summed E-state index contributed by atoms with van der Waals surface area (Å²) in [6.07, 6.45) is -3.69. The van der Waals surface area contributed by atoms with Crippen molar-refractivity contribution < 1.29 is 22.7 Å². The zero-order valence-electron chi connectivity index (χ0n) is 15.1. The largest absolute Gasteiger partial charge is 0.494 e. The van der Waals surface area contributed by atoms with Crippen LogP contribution in [0.15, 0.2) is 29.6 Å². The number of rotatable bonds is 7. The fourth-order valence-corrected chi connectivity index (χ4v) is 3.77. The Bertz CT molecular complexity index is 800. The summed E-state index contributed by atoms with van der Waals surface area (Å²) >= 11 is 1.35. The average Bonchev–Trinajstić information content (AvgIpc) is 3.36. The highest BCUT2D eigenvalue weighted by Gasteiger charge is 2.60. The van der Waals surface area contributed by atoms with Gasteiger partial charge in [-0.05, 0) is 56.9 Å². The molecule has 1 aliphatic rings. The van der Waals surface area contributed by atoms with Gasteiger partial charge in [-0.3, -0.25) is 4.79 Å². The zero-order chi connectivity index (χ0) is 19.7. The van der Waals surface area contributed by atoms with E-state index in [9.17, 15) is 18.0 Å². The summed E-state index contributed by atoms with van der Waals surface area (Å²) in [6.45, 7) is 3.54. The van der Waals surface area contributed by atoms with E-state index in [1.807, 2.05) is 31.2 Å². The van der Waals surface area contributed by atoms with Gasteiger partial charge in [-0.25, -0.2) is 4.98 Å². The van der Waals surface area contributed by atoms with Crippen LogP contribution in [0.3, 0.4) is 0 Å². The Kier molecular flexibility index (Phi) is 5.46. The number of alkyl halides is 3. The minimum absolute atomic E-state index is 0.175. The van der Waals surface area contributed by atoms with Crippen molar-refractivity contribution in [1.29, 1.82) is 0 Å². The van der Waals surface area contributed by atoms with Crippen LogP contribution in [0.25, 0.3) is 10.6 Å². The number of hydrogen-bond acceptors (Lipinski definition) is 4. The Labute approximate surface area is 159 Å². The number of nitrogens with zero attached hydrogens (tertiary/aromatic N) is 1. The van der Waals surface area contributed by atoms with Crippen LogP contribution in [0.1, 0.15) is 32.4 Å². The third-order valence-corrected chi connectivity index (χ3v) is 5.63. The molecule has 1 atom stereocenters. The molecule has 1 aromatic carbocycles. The zero-order valence-corrected chi connectivity index (χ0v) is 15.9. The molecule has 1 N–H and O–H groups in total. The van der Waals surface area contributed by atoms with Crippen molar-refractivity contribution in [3.63, 3.8) is 0 Å². The van der Waals surface area contributed by atoms with Gasteiger partial charge in [-0.1, -0.05) is 0 Å². The van der Waals surface area contributed by atoms with Crippen LogP contribution in [0, 0.1) is 5.92 Å². The third-order valence-electron chi connectivity index (χ3n) is 4.69. The van der Waals surface area contributed by atoms with Gasteiger partial charge >= 0.3 is 6.18 Å². The summed E-state index contributed by atoms with van der Waals surface area (Å²) in [5.41, 5.74) is -0.840. The first-order valence-corrected chi connectivity index (χ1v) is 9.66.